The van der Waals surface area contributed by atoms with E-state index in [1.165, 1.54) is 11.3 Å². The van der Waals surface area contributed by atoms with Crippen LogP contribution in [0.1, 0.15) is 32.6 Å². The molecule has 2 N–H and O–H groups in total. The van der Waals surface area contributed by atoms with Crippen molar-refractivity contribution in [3.63, 3.8) is 0 Å². The average molecular weight is 314 g/mol. The Morgan fingerprint density at radius 1 is 1.45 bits per heavy atom. The van der Waals surface area contributed by atoms with Crippen molar-refractivity contribution in [3.8, 4) is 0 Å². The molecule has 0 bridgehead atoms. The van der Waals surface area contributed by atoms with E-state index in [0.717, 1.165) is 25.7 Å². The lowest BCUT2D eigenvalue weighted by Crippen LogP contribution is -2.33. The minimum atomic E-state index is -3.56. The Balaban J connectivity index is 2.01. The first kappa shape index (κ1) is 13.8. The fourth-order valence-corrected chi connectivity index (χ4v) is 4.96. The predicted octanol–water partition coefficient (Wildman–Crippen LogP) is 2.05. The van der Waals surface area contributed by atoms with Crippen LogP contribution in [0.3, 0.4) is 0 Å². The maximum Gasteiger partial charge on any atom is 0.260 e. The molecule has 20 heavy (non-hydrogen) atoms. The highest BCUT2D eigenvalue weighted by molar-refractivity contribution is 7.89. The molecule has 8 heteroatoms. The lowest BCUT2D eigenvalue weighted by molar-refractivity contribution is 0.548. The average Bonchev–Trinajstić information content (AvgIpc) is 3.04. The summed E-state index contributed by atoms with van der Waals surface area (Å²) in [5.74, 6) is 0.435. The lowest BCUT2D eigenvalue weighted by atomic mass is 10.3. The quantitative estimate of drug-likeness (QED) is 0.885. The van der Waals surface area contributed by atoms with Crippen molar-refractivity contribution in [2.75, 3.05) is 11.9 Å². The fraction of sp³-hybridized carbons (Fsp3) is 0.583. The number of thiazole rings is 1. The Morgan fingerprint density at radius 2 is 2.20 bits per heavy atom. The van der Waals surface area contributed by atoms with Crippen LogP contribution >= 0.6 is 11.3 Å². The van der Waals surface area contributed by atoms with E-state index in [9.17, 15) is 8.42 Å². The van der Waals surface area contributed by atoms with Gasteiger partial charge in [0.25, 0.3) is 10.0 Å². The molecule has 0 saturated heterocycles. The van der Waals surface area contributed by atoms with E-state index in [0.29, 0.717) is 17.3 Å². The minimum Gasteiger partial charge on any atom is -0.368 e. The Bertz CT molecular complexity index is 698. The molecule has 2 aromatic heterocycles. The van der Waals surface area contributed by atoms with Gasteiger partial charge in [-0.3, -0.25) is 4.40 Å². The summed E-state index contributed by atoms with van der Waals surface area (Å²) < 4.78 is 29.8. The van der Waals surface area contributed by atoms with Crippen LogP contribution in [0.15, 0.2) is 16.6 Å². The van der Waals surface area contributed by atoms with Crippen molar-refractivity contribution in [1.82, 2.24) is 14.1 Å². The van der Waals surface area contributed by atoms with Gasteiger partial charge in [-0.2, -0.15) is 0 Å². The first-order valence-corrected chi connectivity index (χ1v) is 9.20. The Morgan fingerprint density at radius 3 is 2.90 bits per heavy atom. The van der Waals surface area contributed by atoms with Crippen LogP contribution in [0.4, 0.5) is 5.82 Å². The first-order valence-electron chi connectivity index (χ1n) is 6.83. The van der Waals surface area contributed by atoms with Crippen molar-refractivity contribution in [2.45, 2.75) is 43.7 Å². The number of hydrogen-bond acceptors (Lipinski definition) is 5. The number of rotatable bonds is 5. The van der Waals surface area contributed by atoms with Gasteiger partial charge in [0.05, 0.1) is 0 Å². The number of nitrogens with one attached hydrogen (secondary N) is 2. The third kappa shape index (κ3) is 2.43. The molecule has 2 heterocycles. The number of aromatic nitrogens is 2. The van der Waals surface area contributed by atoms with Gasteiger partial charge in [0.2, 0.25) is 0 Å². The molecule has 0 amide bonds. The van der Waals surface area contributed by atoms with Crippen LogP contribution in [-0.4, -0.2) is 30.4 Å². The number of nitrogens with zero attached hydrogens (tertiary/aromatic N) is 2. The summed E-state index contributed by atoms with van der Waals surface area (Å²) in [5.41, 5.74) is 0. The third-order valence-electron chi connectivity index (χ3n) is 3.49. The number of fused-ring (bicyclic) bond motifs is 1. The molecule has 0 aromatic carbocycles. The van der Waals surface area contributed by atoms with Crippen molar-refractivity contribution in [1.29, 1.82) is 0 Å². The van der Waals surface area contributed by atoms with Crippen LogP contribution in [0.5, 0.6) is 0 Å². The normalized spacial score (nSPS) is 17.1. The molecular formula is C12H18N4O2S2. The third-order valence-corrected chi connectivity index (χ3v) is 5.79. The highest BCUT2D eigenvalue weighted by atomic mass is 32.2. The topological polar surface area (TPSA) is 75.5 Å². The van der Waals surface area contributed by atoms with E-state index < -0.39 is 10.0 Å². The number of sulfonamides is 1. The van der Waals surface area contributed by atoms with Crippen molar-refractivity contribution in [2.24, 2.45) is 0 Å². The minimum absolute atomic E-state index is 0.0543. The molecular weight excluding hydrogens is 296 g/mol. The Labute approximate surface area is 122 Å². The largest absolute Gasteiger partial charge is 0.368 e. The zero-order valence-corrected chi connectivity index (χ0v) is 12.9. The second kappa shape index (κ2) is 5.34. The molecule has 2 aromatic rings. The van der Waals surface area contributed by atoms with E-state index in [1.54, 1.807) is 10.6 Å². The lowest BCUT2D eigenvalue weighted by Gasteiger charge is -2.13. The van der Waals surface area contributed by atoms with Gasteiger partial charge in [-0.15, -0.1) is 11.3 Å². The highest BCUT2D eigenvalue weighted by Crippen LogP contribution is 2.27. The van der Waals surface area contributed by atoms with Crippen LogP contribution in [0, 0.1) is 0 Å². The molecule has 1 fully saturated rings. The second-order valence-corrected chi connectivity index (χ2v) is 7.46. The number of imidazole rings is 1. The van der Waals surface area contributed by atoms with Gasteiger partial charge in [0.15, 0.2) is 15.8 Å². The summed E-state index contributed by atoms with van der Waals surface area (Å²) in [7, 11) is -3.56. The fourth-order valence-electron chi connectivity index (χ4n) is 2.62. The summed E-state index contributed by atoms with van der Waals surface area (Å²) in [5, 5.41) is 5.10. The molecule has 1 saturated carbocycles. The standard InChI is InChI=1S/C12H18N4O2S2/c1-2-13-10-11(16-7-8-19-12(16)14-10)20(17,18)15-9-5-3-4-6-9/h7-9,13,15H,2-6H2,1H3. The summed E-state index contributed by atoms with van der Waals surface area (Å²) in [6, 6.07) is 0.0543. The van der Waals surface area contributed by atoms with Crippen molar-refractivity contribution < 1.29 is 8.42 Å². The molecule has 6 nitrogen and oxygen atoms in total. The smallest absolute Gasteiger partial charge is 0.260 e. The SMILES string of the molecule is CCNc1nc2sccn2c1S(=O)(=O)NC1CCCC1. The molecule has 0 aliphatic heterocycles. The van der Waals surface area contributed by atoms with E-state index in [4.69, 9.17) is 0 Å². The van der Waals surface area contributed by atoms with Gasteiger partial charge >= 0.3 is 0 Å². The summed E-state index contributed by atoms with van der Waals surface area (Å²) in [4.78, 5) is 5.04. The summed E-state index contributed by atoms with van der Waals surface area (Å²) in [6.07, 6.45) is 5.76. The monoisotopic (exact) mass is 314 g/mol. The molecule has 0 spiro atoms. The van der Waals surface area contributed by atoms with Crippen molar-refractivity contribution in [3.05, 3.63) is 11.6 Å². The van der Waals surface area contributed by atoms with Crippen LogP contribution in [0.25, 0.3) is 4.96 Å². The number of hydrogen-bond donors (Lipinski definition) is 2. The van der Waals surface area contributed by atoms with Gasteiger partial charge < -0.3 is 5.32 Å². The molecule has 3 rings (SSSR count). The Kier molecular flexibility index (Phi) is 3.70. The summed E-state index contributed by atoms with van der Waals surface area (Å²) in [6.45, 7) is 2.56. The van der Waals surface area contributed by atoms with Crippen LogP contribution in [0.2, 0.25) is 0 Å². The van der Waals surface area contributed by atoms with Crippen LogP contribution in [-0.2, 0) is 10.0 Å². The van der Waals surface area contributed by atoms with Crippen molar-refractivity contribution >= 4 is 32.1 Å². The molecule has 0 atom stereocenters. The van der Waals surface area contributed by atoms with Gasteiger partial charge in [-0.25, -0.2) is 18.1 Å². The Hall–Kier alpha value is -1.12. The summed E-state index contributed by atoms with van der Waals surface area (Å²) >= 11 is 1.43. The van der Waals surface area contributed by atoms with E-state index in [2.05, 4.69) is 15.0 Å². The molecule has 0 unspecified atom stereocenters. The zero-order valence-electron chi connectivity index (χ0n) is 11.3. The molecule has 0 radical (unpaired) electrons. The van der Waals surface area contributed by atoms with E-state index in [-0.39, 0.29) is 11.1 Å². The molecule has 1 aliphatic rings. The first-order chi connectivity index (χ1) is 9.62. The number of anilines is 1. The van der Waals surface area contributed by atoms with E-state index >= 15 is 0 Å². The predicted molar refractivity (Wildman–Crippen MR) is 79.8 cm³/mol. The maximum absolute atomic E-state index is 12.6. The zero-order chi connectivity index (χ0) is 14.2. The van der Waals surface area contributed by atoms with Crippen LogP contribution < -0.4 is 10.0 Å². The maximum atomic E-state index is 12.6. The van der Waals surface area contributed by atoms with Gasteiger partial charge in [-0.05, 0) is 19.8 Å². The van der Waals surface area contributed by atoms with Gasteiger partial charge in [-0.1, -0.05) is 12.8 Å². The van der Waals surface area contributed by atoms with Gasteiger partial charge in [0, 0.05) is 24.2 Å². The highest BCUT2D eigenvalue weighted by Gasteiger charge is 2.29. The molecule has 1 aliphatic carbocycles. The van der Waals surface area contributed by atoms with Gasteiger partial charge in [0.1, 0.15) is 0 Å². The molecule has 110 valence electrons. The van der Waals surface area contributed by atoms with E-state index in [1.807, 2.05) is 12.3 Å². The second-order valence-electron chi connectivity index (χ2n) is 4.95.